The van der Waals surface area contributed by atoms with Crippen molar-refractivity contribution >= 4 is 15.9 Å². The molecule has 4 heteroatoms. The number of nitrogens with zero attached hydrogens (tertiary/aromatic N) is 1. The molecule has 1 aromatic heterocycles. The van der Waals surface area contributed by atoms with Crippen molar-refractivity contribution < 1.29 is 4.39 Å². The standard InChI is InChI=1S/C15H13BrFNO/c16-15-11(4-1-5-12(15)17)9-18-13-6-2-3-10(13)7-8-14(18)19/h1,4-5,7-8H,2-3,6,9H2. The second-order valence-corrected chi connectivity index (χ2v) is 5.59. The maximum Gasteiger partial charge on any atom is 0.251 e. The van der Waals surface area contributed by atoms with E-state index in [1.807, 2.05) is 12.1 Å². The highest BCUT2D eigenvalue weighted by atomic mass is 79.9. The van der Waals surface area contributed by atoms with Crippen molar-refractivity contribution in [1.29, 1.82) is 0 Å². The molecule has 0 radical (unpaired) electrons. The van der Waals surface area contributed by atoms with Gasteiger partial charge in [0.25, 0.3) is 5.56 Å². The quantitative estimate of drug-likeness (QED) is 0.832. The highest BCUT2D eigenvalue weighted by molar-refractivity contribution is 9.10. The van der Waals surface area contributed by atoms with Gasteiger partial charge in [-0.2, -0.15) is 0 Å². The lowest BCUT2D eigenvalue weighted by atomic mass is 10.2. The van der Waals surface area contributed by atoms with Gasteiger partial charge in [0.15, 0.2) is 0 Å². The molecule has 2 aromatic rings. The van der Waals surface area contributed by atoms with Gasteiger partial charge in [-0.25, -0.2) is 4.39 Å². The Bertz CT molecular complexity index is 693. The van der Waals surface area contributed by atoms with E-state index < -0.39 is 0 Å². The third-order valence-corrected chi connectivity index (χ3v) is 4.50. The molecule has 2 nitrogen and oxygen atoms in total. The molecule has 0 bridgehead atoms. The lowest BCUT2D eigenvalue weighted by molar-refractivity contribution is 0.613. The first-order chi connectivity index (χ1) is 9.16. The van der Waals surface area contributed by atoms with E-state index in [9.17, 15) is 9.18 Å². The van der Waals surface area contributed by atoms with Crippen LogP contribution in [0.15, 0.2) is 39.6 Å². The smallest absolute Gasteiger partial charge is 0.251 e. The number of aromatic nitrogens is 1. The van der Waals surface area contributed by atoms with Crippen LogP contribution in [0.2, 0.25) is 0 Å². The molecule has 0 unspecified atom stereocenters. The Morgan fingerprint density at radius 3 is 2.89 bits per heavy atom. The molecule has 0 spiro atoms. The van der Waals surface area contributed by atoms with Gasteiger partial charge in [-0.1, -0.05) is 18.2 Å². The molecule has 98 valence electrons. The second-order valence-electron chi connectivity index (χ2n) is 4.80. The zero-order valence-corrected chi connectivity index (χ0v) is 11.9. The van der Waals surface area contributed by atoms with Gasteiger partial charge in [-0.15, -0.1) is 0 Å². The number of hydrogen-bond acceptors (Lipinski definition) is 1. The number of fused-ring (bicyclic) bond motifs is 1. The van der Waals surface area contributed by atoms with E-state index in [1.54, 1.807) is 16.7 Å². The van der Waals surface area contributed by atoms with E-state index in [2.05, 4.69) is 15.9 Å². The maximum atomic E-state index is 13.5. The van der Waals surface area contributed by atoms with E-state index in [1.165, 1.54) is 11.6 Å². The van der Waals surface area contributed by atoms with Gasteiger partial charge in [0.05, 0.1) is 11.0 Å². The zero-order valence-electron chi connectivity index (χ0n) is 10.3. The van der Waals surface area contributed by atoms with Crippen molar-refractivity contribution in [2.45, 2.75) is 25.8 Å². The first kappa shape index (κ1) is 12.6. The predicted octanol–water partition coefficient (Wildman–Crippen LogP) is 3.29. The van der Waals surface area contributed by atoms with Crippen molar-refractivity contribution in [1.82, 2.24) is 4.57 Å². The first-order valence-electron chi connectivity index (χ1n) is 6.31. The summed E-state index contributed by atoms with van der Waals surface area (Å²) in [4.78, 5) is 12.0. The normalized spacial score (nSPS) is 13.6. The Balaban J connectivity index is 2.07. The van der Waals surface area contributed by atoms with Gasteiger partial charge in [-0.3, -0.25) is 4.79 Å². The molecule has 19 heavy (non-hydrogen) atoms. The Morgan fingerprint density at radius 2 is 2.05 bits per heavy atom. The molecule has 0 aliphatic heterocycles. The molecule has 0 atom stereocenters. The van der Waals surface area contributed by atoms with Gasteiger partial charge in [0, 0.05) is 11.8 Å². The van der Waals surface area contributed by atoms with E-state index in [0.717, 1.165) is 30.5 Å². The molecule has 1 aromatic carbocycles. The highest BCUT2D eigenvalue weighted by Crippen LogP contribution is 2.24. The van der Waals surface area contributed by atoms with Crippen molar-refractivity contribution in [3.63, 3.8) is 0 Å². The number of pyridine rings is 1. The summed E-state index contributed by atoms with van der Waals surface area (Å²) in [5.41, 5.74) is 3.12. The molecule has 0 saturated heterocycles. The SMILES string of the molecule is O=c1ccc2c(n1Cc1cccc(F)c1Br)CCC2. The molecule has 0 N–H and O–H groups in total. The van der Waals surface area contributed by atoms with E-state index in [-0.39, 0.29) is 11.4 Å². The fourth-order valence-corrected chi connectivity index (χ4v) is 3.04. The van der Waals surface area contributed by atoms with Gasteiger partial charge < -0.3 is 4.57 Å². The van der Waals surface area contributed by atoms with Crippen LogP contribution < -0.4 is 5.56 Å². The van der Waals surface area contributed by atoms with Crippen LogP contribution in [-0.2, 0) is 19.4 Å². The lowest BCUT2D eigenvalue weighted by Crippen LogP contribution is -2.23. The highest BCUT2D eigenvalue weighted by Gasteiger charge is 2.16. The molecule has 0 saturated carbocycles. The molecule has 0 amide bonds. The van der Waals surface area contributed by atoms with E-state index in [0.29, 0.717) is 11.0 Å². The van der Waals surface area contributed by atoms with Crippen LogP contribution in [0.25, 0.3) is 0 Å². The second kappa shape index (κ2) is 4.93. The van der Waals surface area contributed by atoms with Crippen LogP contribution >= 0.6 is 15.9 Å². The molecular weight excluding hydrogens is 309 g/mol. The van der Waals surface area contributed by atoms with Gasteiger partial charge in [-0.05, 0) is 52.4 Å². The maximum absolute atomic E-state index is 13.5. The number of hydrogen-bond donors (Lipinski definition) is 0. The van der Waals surface area contributed by atoms with Crippen LogP contribution in [0.3, 0.4) is 0 Å². The Morgan fingerprint density at radius 1 is 1.21 bits per heavy atom. The molecule has 0 fully saturated rings. The average molecular weight is 322 g/mol. The number of halogens is 2. The number of aryl methyl sites for hydroxylation is 1. The van der Waals surface area contributed by atoms with Crippen LogP contribution in [0.5, 0.6) is 0 Å². The predicted molar refractivity (Wildman–Crippen MR) is 75.9 cm³/mol. The van der Waals surface area contributed by atoms with Crippen LogP contribution in [0.1, 0.15) is 23.2 Å². The fourth-order valence-electron chi connectivity index (χ4n) is 2.65. The van der Waals surface area contributed by atoms with Gasteiger partial charge >= 0.3 is 0 Å². The molecule has 1 heterocycles. The van der Waals surface area contributed by atoms with Crippen LogP contribution in [0, 0.1) is 5.82 Å². The van der Waals surface area contributed by atoms with Crippen molar-refractivity contribution in [2.24, 2.45) is 0 Å². The topological polar surface area (TPSA) is 22.0 Å². The molecule has 1 aliphatic carbocycles. The number of benzene rings is 1. The Labute approximate surface area is 119 Å². The average Bonchev–Trinajstić information content (AvgIpc) is 2.86. The summed E-state index contributed by atoms with van der Waals surface area (Å²) in [6.45, 7) is 0.417. The minimum Gasteiger partial charge on any atom is -0.308 e. The largest absolute Gasteiger partial charge is 0.308 e. The first-order valence-corrected chi connectivity index (χ1v) is 7.10. The van der Waals surface area contributed by atoms with Crippen molar-refractivity contribution in [3.8, 4) is 0 Å². The van der Waals surface area contributed by atoms with Crippen molar-refractivity contribution in [3.05, 3.63) is 67.8 Å². The van der Waals surface area contributed by atoms with Gasteiger partial charge in [0.2, 0.25) is 0 Å². The summed E-state index contributed by atoms with van der Waals surface area (Å²) in [6.07, 6.45) is 3.04. The minimum atomic E-state index is -0.293. The number of rotatable bonds is 2. The summed E-state index contributed by atoms with van der Waals surface area (Å²) in [5.74, 6) is -0.293. The lowest BCUT2D eigenvalue weighted by Gasteiger charge is -2.13. The van der Waals surface area contributed by atoms with Crippen LogP contribution in [-0.4, -0.2) is 4.57 Å². The summed E-state index contributed by atoms with van der Waals surface area (Å²) in [6, 6.07) is 8.45. The monoisotopic (exact) mass is 321 g/mol. The Kier molecular flexibility index (Phi) is 3.27. The van der Waals surface area contributed by atoms with Crippen molar-refractivity contribution in [2.75, 3.05) is 0 Å². The Hall–Kier alpha value is -1.42. The molecular formula is C15H13BrFNO. The third-order valence-electron chi connectivity index (χ3n) is 3.61. The summed E-state index contributed by atoms with van der Waals surface area (Å²) in [5, 5.41) is 0. The van der Waals surface area contributed by atoms with E-state index in [4.69, 9.17) is 0 Å². The third kappa shape index (κ3) is 2.25. The summed E-state index contributed by atoms with van der Waals surface area (Å²) >= 11 is 3.25. The van der Waals surface area contributed by atoms with E-state index >= 15 is 0 Å². The van der Waals surface area contributed by atoms with Crippen LogP contribution in [0.4, 0.5) is 4.39 Å². The summed E-state index contributed by atoms with van der Waals surface area (Å²) in [7, 11) is 0. The minimum absolute atomic E-state index is 0.0168. The molecule has 3 rings (SSSR count). The zero-order chi connectivity index (χ0) is 13.4. The summed E-state index contributed by atoms with van der Waals surface area (Å²) < 4.78 is 15.7. The molecule has 1 aliphatic rings. The fraction of sp³-hybridized carbons (Fsp3) is 0.267. The van der Waals surface area contributed by atoms with Gasteiger partial charge in [0.1, 0.15) is 5.82 Å².